The number of hydrogen-bond acceptors (Lipinski definition) is 5. The van der Waals surface area contributed by atoms with Gasteiger partial charge >= 0.3 is 0 Å². The molecule has 27 heavy (non-hydrogen) atoms. The topological polar surface area (TPSA) is 75.0 Å². The van der Waals surface area contributed by atoms with E-state index in [2.05, 4.69) is 39.1 Å². The van der Waals surface area contributed by atoms with E-state index < -0.39 is 0 Å². The number of H-pyrrole nitrogens is 1. The maximum absolute atomic E-state index is 12.4. The summed E-state index contributed by atoms with van der Waals surface area (Å²) in [7, 11) is 0. The second-order valence-electron chi connectivity index (χ2n) is 7.54. The highest BCUT2D eigenvalue weighted by molar-refractivity contribution is 5.57. The third kappa shape index (κ3) is 3.71. The van der Waals surface area contributed by atoms with Gasteiger partial charge in [-0.25, -0.2) is 4.98 Å². The van der Waals surface area contributed by atoms with Crippen LogP contribution in [0.4, 0.5) is 0 Å². The lowest BCUT2D eigenvalue weighted by molar-refractivity contribution is 0.234. The summed E-state index contributed by atoms with van der Waals surface area (Å²) in [5.74, 6) is 1.76. The summed E-state index contributed by atoms with van der Waals surface area (Å²) in [5, 5.41) is 4.21. The van der Waals surface area contributed by atoms with Crippen LogP contribution in [0.15, 0.2) is 39.6 Å². The second-order valence-corrected chi connectivity index (χ2v) is 7.54. The molecule has 0 fully saturated rings. The van der Waals surface area contributed by atoms with Crippen LogP contribution in [-0.2, 0) is 19.5 Å². The maximum Gasteiger partial charge on any atom is 0.255 e. The number of aromatic nitrogens is 3. The third-order valence-electron chi connectivity index (χ3n) is 4.99. The van der Waals surface area contributed by atoms with Gasteiger partial charge in [0.25, 0.3) is 5.56 Å². The molecule has 6 nitrogen and oxygen atoms in total. The van der Waals surface area contributed by atoms with Crippen LogP contribution < -0.4 is 5.56 Å². The van der Waals surface area contributed by atoms with Gasteiger partial charge in [0, 0.05) is 43.6 Å². The third-order valence-corrected chi connectivity index (χ3v) is 4.99. The quantitative estimate of drug-likeness (QED) is 0.768. The summed E-state index contributed by atoms with van der Waals surface area (Å²) in [4.78, 5) is 22.2. The van der Waals surface area contributed by atoms with Crippen LogP contribution in [0.3, 0.4) is 0 Å². The van der Waals surface area contributed by atoms with Crippen molar-refractivity contribution in [3.63, 3.8) is 0 Å². The molecule has 0 saturated carbocycles. The lowest BCUT2D eigenvalue weighted by atomic mass is 10.1. The molecule has 0 aliphatic carbocycles. The minimum Gasteiger partial charge on any atom is -0.356 e. The van der Waals surface area contributed by atoms with Gasteiger partial charge in [-0.3, -0.25) is 9.69 Å². The largest absolute Gasteiger partial charge is 0.356 e. The molecule has 1 aliphatic heterocycles. The van der Waals surface area contributed by atoms with Crippen molar-refractivity contribution in [3.8, 4) is 11.3 Å². The van der Waals surface area contributed by atoms with Gasteiger partial charge in [0.15, 0.2) is 5.76 Å². The fraction of sp³-hybridized carbons (Fsp3) is 0.381. The molecule has 3 aromatic rings. The van der Waals surface area contributed by atoms with Crippen LogP contribution in [-0.4, -0.2) is 26.6 Å². The predicted molar refractivity (Wildman–Crippen MR) is 103 cm³/mol. The van der Waals surface area contributed by atoms with Crippen LogP contribution in [0.1, 0.15) is 48.1 Å². The van der Waals surface area contributed by atoms with Crippen molar-refractivity contribution in [1.29, 1.82) is 0 Å². The first-order valence-electron chi connectivity index (χ1n) is 9.36. The van der Waals surface area contributed by atoms with Crippen LogP contribution in [0, 0.1) is 6.92 Å². The average molecular weight is 364 g/mol. The first kappa shape index (κ1) is 17.7. The van der Waals surface area contributed by atoms with Crippen molar-refractivity contribution < 1.29 is 4.52 Å². The Bertz CT molecular complexity index is 1000. The van der Waals surface area contributed by atoms with E-state index in [1.54, 1.807) is 0 Å². The molecule has 0 amide bonds. The zero-order valence-corrected chi connectivity index (χ0v) is 16.0. The monoisotopic (exact) mass is 364 g/mol. The maximum atomic E-state index is 12.4. The Morgan fingerprint density at radius 2 is 2.04 bits per heavy atom. The van der Waals surface area contributed by atoms with Crippen LogP contribution in [0.2, 0.25) is 0 Å². The molecule has 1 aromatic carbocycles. The molecule has 4 rings (SSSR count). The molecule has 140 valence electrons. The fourth-order valence-electron chi connectivity index (χ4n) is 3.38. The Morgan fingerprint density at radius 1 is 1.26 bits per heavy atom. The average Bonchev–Trinajstić information content (AvgIpc) is 3.11. The Labute approximate surface area is 158 Å². The number of benzene rings is 1. The molecule has 0 bridgehead atoms. The Hall–Kier alpha value is -2.73. The summed E-state index contributed by atoms with van der Waals surface area (Å²) in [6.45, 7) is 8.23. The Morgan fingerprint density at radius 3 is 2.78 bits per heavy atom. The zero-order chi connectivity index (χ0) is 19.0. The molecule has 1 aliphatic rings. The highest BCUT2D eigenvalue weighted by Crippen LogP contribution is 2.23. The molecule has 0 spiro atoms. The molecular formula is C21H24N4O2. The number of fused-ring (bicyclic) bond motifs is 1. The minimum atomic E-state index is -0.0195. The molecule has 6 heteroatoms. The van der Waals surface area contributed by atoms with Gasteiger partial charge in [-0.2, -0.15) is 0 Å². The fourth-order valence-corrected chi connectivity index (χ4v) is 3.38. The molecule has 0 radical (unpaired) electrons. The van der Waals surface area contributed by atoms with Gasteiger partial charge in [-0.1, -0.05) is 48.8 Å². The van der Waals surface area contributed by atoms with Crippen LogP contribution in [0.5, 0.6) is 0 Å². The van der Waals surface area contributed by atoms with Crippen molar-refractivity contribution in [2.45, 2.75) is 46.2 Å². The first-order valence-corrected chi connectivity index (χ1v) is 9.36. The standard InChI is InChI=1S/C21H24N4O2/c1-13(2)20-22-18-8-9-25(12-17(18)21(26)23-20)11-16-10-19(27-24-16)15-6-4-14(3)5-7-15/h4-7,10,13H,8-9,11-12H2,1-3H3,(H,22,23,26). The summed E-state index contributed by atoms with van der Waals surface area (Å²) in [6.07, 6.45) is 0.779. The normalized spacial score (nSPS) is 14.5. The number of hydrogen-bond donors (Lipinski definition) is 1. The van der Waals surface area contributed by atoms with Gasteiger partial charge in [0.05, 0.1) is 17.0 Å². The van der Waals surface area contributed by atoms with Crippen molar-refractivity contribution in [2.75, 3.05) is 6.54 Å². The van der Waals surface area contributed by atoms with E-state index in [-0.39, 0.29) is 11.5 Å². The van der Waals surface area contributed by atoms with E-state index >= 15 is 0 Å². The number of aromatic amines is 1. The van der Waals surface area contributed by atoms with Gasteiger partial charge in [-0.05, 0) is 6.92 Å². The van der Waals surface area contributed by atoms with E-state index in [9.17, 15) is 4.79 Å². The summed E-state index contributed by atoms with van der Waals surface area (Å²) in [5.41, 5.74) is 4.79. The number of aryl methyl sites for hydroxylation is 1. The summed E-state index contributed by atoms with van der Waals surface area (Å²) >= 11 is 0. The van der Waals surface area contributed by atoms with Crippen molar-refractivity contribution in [2.24, 2.45) is 0 Å². The lowest BCUT2D eigenvalue weighted by Crippen LogP contribution is -2.36. The second kappa shape index (κ2) is 7.12. The van der Waals surface area contributed by atoms with Gasteiger partial charge in [0.1, 0.15) is 5.82 Å². The number of nitrogens with zero attached hydrogens (tertiary/aromatic N) is 3. The highest BCUT2D eigenvalue weighted by Gasteiger charge is 2.22. The van der Waals surface area contributed by atoms with Crippen LogP contribution >= 0.6 is 0 Å². The molecule has 3 heterocycles. The lowest BCUT2D eigenvalue weighted by Gasteiger charge is -2.27. The number of nitrogens with one attached hydrogen (secondary N) is 1. The van der Waals surface area contributed by atoms with E-state index in [0.29, 0.717) is 13.1 Å². The predicted octanol–water partition coefficient (Wildman–Crippen LogP) is 3.42. The Kier molecular flexibility index (Phi) is 4.66. The molecule has 2 aromatic heterocycles. The minimum absolute atomic E-state index is 0.0195. The molecule has 0 atom stereocenters. The zero-order valence-electron chi connectivity index (χ0n) is 16.0. The van der Waals surface area contributed by atoms with Crippen molar-refractivity contribution in [1.82, 2.24) is 20.0 Å². The van der Waals surface area contributed by atoms with Gasteiger partial charge < -0.3 is 9.51 Å². The smallest absolute Gasteiger partial charge is 0.255 e. The van der Waals surface area contributed by atoms with Crippen molar-refractivity contribution >= 4 is 0 Å². The SMILES string of the molecule is Cc1ccc(-c2cc(CN3CCc4nc(C(C)C)[nH]c(=O)c4C3)no2)cc1. The summed E-state index contributed by atoms with van der Waals surface area (Å²) < 4.78 is 5.51. The van der Waals surface area contributed by atoms with Crippen LogP contribution in [0.25, 0.3) is 11.3 Å². The molecule has 0 unspecified atom stereocenters. The van der Waals surface area contributed by atoms with Gasteiger partial charge in [0.2, 0.25) is 0 Å². The molecule has 1 N–H and O–H groups in total. The van der Waals surface area contributed by atoms with E-state index in [0.717, 1.165) is 47.1 Å². The highest BCUT2D eigenvalue weighted by atomic mass is 16.5. The first-order chi connectivity index (χ1) is 13.0. The summed E-state index contributed by atoms with van der Waals surface area (Å²) in [6, 6.07) is 10.2. The van der Waals surface area contributed by atoms with E-state index in [4.69, 9.17) is 4.52 Å². The van der Waals surface area contributed by atoms with Crippen molar-refractivity contribution in [3.05, 3.63) is 69.0 Å². The van der Waals surface area contributed by atoms with Gasteiger partial charge in [-0.15, -0.1) is 0 Å². The van der Waals surface area contributed by atoms with E-state index in [1.165, 1.54) is 5.56 Å². The molecule has 0 saturated heterocycles. The van der Waals surface area contributed by atoms with E-state index in [1.807, 2.05) is 32.0 Å². The number of rotatable bonds is 4. The molecular weight excluding hydrogens is 340 g/mol. The Balaban J connectivity index is 1.49.